The molecule has 0 bridgehead atoms. The molecule has 6 nitrogen and oxygen atoms in total. The molecule has 0 aliphatic carbocycles. The molecule has 0 unspecified atom stereocenters. The van der Waals surface area contributed by atoms with Gasteiger partial charge in [0.25, 0.3) is 5.56 Å². The Morgan fingerprint density at radius 2 is 2.12 bits per heavy atom. The molecule has 0 spiro atoms. The number of rotatable bonds is 3. The number of benzene rings is 1. The van der Waals surface area contributed by atoms with Gasteiger partial charge in [-0.25, -0.2) is 13.8 Å². The van der Waals surface area contributed by atoms with Crippen molar-refractivity contribution >= 4 is 22.6 Å². The normalized spacial score (nSPS) is 13.2. The number of aryl methyl sites for hydroxylation is 2. The van der Waals surface area contributed by atoms with Gasteiger partial charge in [0.2, 0.25) is 5.91 Å². The summed E-state index contributed by atoms with van der Waals surface area (Å²) in [5.74, 6) is -1.33. The lowest BCUT2D eigenvalue weighted by molar-refractivity contribution is -0.116. The third-order valence-electron chi connectivity index (χ3n) is 4.58. The minimum Gasteiger partial charge on any atom is -0.330 e. The van der Waals surface area contributed by atoms with Crippen LogP contribution in [0.5, 0.6) is 0 Å². The van der Waals surface area contributed by atoms with Gasteiger partial charge < -0.3 is 9.88 Å². The Labute approximate surface area is 147 Å². The van der Waals surface area contributed by atoms with E-state index >= 15 is 0 Å². The zero-order chi connectivity index (χ0) is 18.4. The van der Waals surface area contributed by atoms with Crippen molar-refractivity contribution in [2.45, 2.75) is 32.9 Å². The monoisotopic (exact) mass is 358 g/mol. The molecule has 1 aliphatic rings. The minimum absolute atomic E-state index is 0.110. The van der Waals surface area contributed by atoms with Crippen LogP contribution in [0.25, 0.3) is 11.0 Å². The van der Waals surface area contributed by atoms with E-state index in [-0.39, 0.29) is 17.8 Å². The summed E-state index contributed by atoms with van der Waals surface area (Å²) in [6.45, 7) is 2.24. The number of carbonyl (C=O) groups excluding carboxylic acids is 1. The van der Waals surface area contributed by atoms with Crippen molar-refractivity contribution in [3.63, 3.8) is 0 Å². The van der Waals surface area contributed by atoms with E-state index in [1.54, 1.807) is 22.1 Å². The molecule has 134 valence electrons. The standard InChI is InChI=1S/C18H16F2N4O2/c1-10-7-14-17(18(26)23-6-2-3-15(23)21-14)24(10)9-16(25)22-13-5-4-11(19)8-12(13)20/h4-5,7-8H,2-3,6,9H2,1H3,(H,22,25). The number of nitrogens with one attached hydrogen (secondary N) is 1. The van der Waals surface area contributed by atoms with Crippen molar-refractivity contribution in [2.24, 2.45) is 0 Å². The van der Waals surface area contributed by atoms with E-state index in [1.165, 1.54) is 0 Å². The fraction of sp³-hybridized carbons (Fsp3) is 0.278. The van der Waals surface area contributed by atoms with Gasteiger partial charge in [-0.3, -0.25) is 14.2 Å². The van der Waals surface area contributed by atoms with Crippen molar-refractivity contribution < 1.29 is 13.6 Å². The first-order valence-corrected chi connectivity index (χ1v) is 8.28. The molecule has 1 aromatic carbocycles. The molecule has 8 heteroatoms. The van der Waals surface area contributed by atoms with Crippen LogP contribution in [0.3, 0.4) is 0 Å². The molecular weight excluding hydrogens is 342 g/mol. The number of nitrogens with zero attached hydrogens (tertiary/aromatic N) is 3. The smallest absolute Gasteiger partial charge is 0.278 e. The zero-order valence-electron chi connectivity index (χ0n) is 14.1. The number of halogens is 2. The maximum atomic E-state index is 13.7. The van der Waals surface area contributed by atoms with E-state index < -0.39 is 17.5 Å². The first kappa shape index (κ1) is 16.4. The predicted molar refractivity (Wildman–Crippen MR) is 92.0 cm³/mol. The molecule has 26 heavy (non-hydrogen) atoms. The van der Waals surface area contributed by atoms with E-state index in [0.29, 0.717) is 29.3 Å². The summed E-state index contributed by atoms with van der Waals surface area (Å²) in [5.41, 5.74) is 1.35. The Morgan fingerprint density at radius 3 is 2.88 bits per heavy atom. The number of hydrogen-bond donors (Lipinski definition) is 1. The summed E-state index contributed by atoms with van der Waals surface area (Å²) in [7, 11) is 0. The lowest BCUT2D eigenvalue weighted by Gasteiger charge is -2.10. The fourth-order valence-electron chi connectivity index (χ4n) is 3.36. The molecule has 1 N–H and O–H groups in total. The molecule has 3 aromatic rings. The van der Waals surface area contributed by atoms with Gasteiger partial charge in [0, 0.05) is 24.7 Å². The van der Waals surface area contributed by atoms with Crippen LogP contribution in [0.15, 0.2) is 29.1 Å². The summed E-state index contributed by atoms with van der Waals surface area (Å²) >= 11 is 0. The lowest BCUT2D eigenvalue weighted by atomic mass is 10.3. The van der Waals surface area contributed by atoms with Crippen LogP contribution in [0.1, 0.15) is 17.9 Å². The van der Waals surface area contributed by atoms with Crippen molar-refractivity contribution in [1.82, 2.24) is 14.1 Å². The molecule has 0 radical (unpaired) electrons. The van der Waals surface area contributed by atoms with E-state index in [2.05, 4.69) is 10.3 Å². The van der Waals surface area contributed by atoms with E-state index in [9.17, 15) is 18.4 Å². The second-order valence-corrected chi connectivity index (χ2v) is 6.37. The van der Waals surface area contributed by atoms with Gasteiger partial charge in [-0.05, 0) is 31.5 Å². The summed E-state index contributed by atoms with van der Waals surface area (Å²) in [6, 6.07) is 4.69. The first-order chi connectivity index (χ1) is 12.4. The SMILES string of the molecule is Cc1cc2nc3n(c(=O)c2n1CC(=O)Nc1ccc(F)cc1F)CCC3. The number of amides is 1. The molecule has 2 aromatic heterocycles. The average molecular weight is 358 g/mol. The van der Waals surface area contributed by atoms with Crippen LogP contribution in [0.2, 0.25) is 0 Å². The van der Waals surface area contributed by atoms with Gasteiger partial charge in [0.15, 0.2) is 0 Å². The highest BCUT2D eigenvalue weighted by Crippen LogP contribution is 2.19. The van der Waals surface area contributed by atoms with Crippen LogP contribution < -0.4 is 10.9 Å². The number of fused-ring (bicyclic) bond motifs is 2. The third-order valence-corrected chi connectivity index (χ3v) is 4.58. The van der Waals surface area contributed by atoms with Gasteiger partial charge in [-0.1, -0.05) is 0 Å². The minimum atomic E-state index is -0.855. The highest BCUT2D eigenvalue weighted by atomic mass is 19.1. The summed E-state index contributed by atoms with van der Waals surface area (Å²) in [6.07, 6.45) is 1.64. The van der Waals surface area contributed by atoms with Crippen LogP contribution in [-0.4, -0.2) is 20.0 Å². The highest BCUT2D eigenvalue weighted by Gasteiger charge is 2.21. The lowest BCUT2D eigenvalue weighted by Crippen LogP contribution is -2.26. The Kier molecular flexibility index (Phi) is 3.82. The number of carbonyl (C=O) groups is 1. The highest BCUT2D eigenvalue weighted by molar-refractivity contribution is 5.92. The van der Waals surface area contributed by atoms with Crippen molar-refractivity contribution in [1.29, 1.82) is 0 Å². The van der Waals surface area contributed by atoms with Gasteiger partial charge in [0.05, 0.1) is 11.2 Å². The van der Waals surface area contributed by atoms with E-state index in [4.69, 9.17) is 0 Å². The summed E-state index contributed by atoms with van der Waals surface area (Å²) < 4.78 is 29.9. The number of anilines is 1. The topological polar surface area (TPSA) is 68.9 Å². The molecular formula is C18H16F2N4O2. The van der Waals surface area contributed by atoms with Crippen LogP contribution in [-0.2, 0) is 24.3 Å². The van der Waals surface area contributed by atoms with Gasteiger partial charge in [-0.15, -0.1) is 0 Å². The van der Waals surface area contributed by atoms with Crippen molar-refractivity contribution in [3.8, 4) is 0 Å². The fourth-order valence-corrected chi connectivity index (χ4v) is 3.36. The Hall–Kier alpha value is -3.03. The zero-order valence-corrected chi connectivity index (χ0v) is 14.1. The van der Waals surface area contributed by atoms with Gasteiger partial charge in [-0.2, -0.15) is 0 Å². The Balaban J connectivity index is 1.68. The quantitative estimate of drug-likeness (QED) is 0.782. The number of hydrogen-bond acceptors (Lipinski definition) is 3. The number of aromatic nitrogens is 3. The third kappa shape index (κ3) is 2.67. The van der Waals surface area contributed by atoms with Crippen molar-refractivity contribution in [3.05, 3.63) is 57.8 Å². The molecule has 1 aliphatic heterocycles. The Bertz CT molecular complexity index is 1100. The molecule has 0 fully saturated rings. The van der Waals surface area contributed by atoms with Crippen LogP contribution in [0.4, 0.5) is 14.5 Å². The maximum absolute atomic E-state index is 13.7. The van der Waals surface area contributed by atoms with Gasteiger partial charge >= 0.3 is 0 Å². The van der Waals surface area contributed by atoms with Gasteiger partial charge in [0.1, 0.15) is 29.5 Å². The molecule has 0 saturated heterocycles. The molecule has 1 amide bonds. The largest absolute Gasteiger partial charge is 0.330 e. The van der Waals surface area contributed by atoms with Crippen LogP contribution >= 0.6 is 0 Å². The van der Waals surface area contributed by atoms with E-state index in [1.807, 2.05) is 0 Å². The van der Waals surface area contributed by atoms with Crippen LogP contribution in [0, 0.1) is 18.6 Å². The molecule has 4 rings (SSSR count). The van der Waals surface area contributed by atoms with Crippen molar-refractivity contribution in [2.75, 3.05) is 5.32 Å². The second kappa shape index (κ2) is 6.05. The average Bonchev–Trinajstić information content (AvgIpc) is 3.16. The maximum Gasteiger partial charge on any atom is 0.278 e. The Morgan fingerprint density at radius 1 is 1.31 bits per heavy atom. The predicted octanol–water partition coefficient (Wildman–Crippen LogP) is 2.37. The second-order valence-electron chi connectivity index (χ2n) is 6.37. The molecule has 0 atom stereocenters. The first-order valence-electron chi connectivity index (χ1n) is 8.28. The molecule has 0 saturated carbocycles. The van der Waals surface area contributed by atoms with E-state index in [0.717, 1.165) is 30.8 Å². The summed E-state index contributed by atoms with van der Waals surface area (Å²) in [5, 5.41) is 2.41. The molecule has 3 heterocycles. The summed E-state index contributed by atoms with van der Waals surface area (Å²) in [4.78, 5) is 29.6.